The highest BCUT2D eigenvalue weighted by molar-refractivity contribution is 5.85. The van der Waals surface area contributed by atoms with Crippen molar-refractivity contribution in [2.24, 2.45) is 0 Å². The van der Waals surface area contributed by atoms with Crippen LogP contribution in [-0.2, 0) is 0 Å². The molecule has 0 saturated heterocycles. The standard InChI is InChI=1S/C20H30N2O2/c1-2-3-4-5-6-7-8-9-10-13-16-24-20-18-15-12-11-14-17(18)19(23)21-22-20/h11-12,14-15H,2-10,13,16H2,1H3,(H,21,23). The average Bonchev–Trinajstić information content (AvgIpc) is 2.61. The lowest BCUT2D eigenvalue weighted by Crippen LogP contribution is -2.10. The number of nitrogens with one attached hydrogen (secondary N) is 1. The van der Waals surface area contributed by atoms with E-state index in [9.17, 15) is 4.79 Å². The van der Waals surface area contributed by atoms with Crippen LogP contribution in [0, 0.1) is 0 Å². The van der Waals surface area contributed by atoms with Crippen molar-refractivity contribution in [3.05, 3.63) is 34.6 Å². The minimum atomic E-state index is -0.170. The van der Waals surface area contributed by atoms with Gasteiger partial charge in [-0.05, 0) is 18.6 Å². The SMILES string of the molecule is CCCCCCCCCCCCOc1n[nH]c(=O)c2ccccc12. The summed E-state index contributed by atoms with van der Waals surface area (Å²) in [5, 5.41) is 7.95. The molecule has 1 heterocycles. The number of nitrogens with zero attached hydrogens (tertiary/aromatic N) is 1. The monoisotopic (exact) mass is 330 g/mol. The Balaban J connectivity index is 1.60. The average molecular weight is 330 g/mol. The summed E-state index contributed by atoms with van der Waals surface area (Å²) in [6.45, 7) is 2.91. The molecule has 0 radical (unpaired) electrons. The van der Waals surface area contributed by atoms with E-state index in [0.717, 1.165) is 11.8 Å². The molecule has 0 atom stereocenters. The third kappa shape index (κ3) is 5.99. The minimum Gasteiger partial charge on any atom is -0.476 e. The van der Waals surface area contributed by atoms with Gasteiger partial charge in [0.1, 0.15) is 0 Å². The third-order valence-corrected chi connectivity index (χ3v) is 4.40. The van der Waals surface area contributed by atoms with E-state index in [1.807, 2.05) is 18.2 Å². The first-order chi connectivity index (χ1) is 11.8. The first-order valence-electron chi connectivity index (χ1n) is 9.43. The molecule has 0 amide bonds. The van der Waals surface area contributed by atoms with Crippen LogP contribution in [0.25, 0.3) is 10.8 Å². The molecule has 2 rings (SSSR count). The minimum absolute atomic E-state index is 0.170. The maximum absolute atomic E-state index is 11.7. The van der Waals surface area contributed by atoms with E-state index in [1.165, 1.54) is 57.8 Å². The summed E-state index contributed by atoms with van der Waals surface area (Å²) in [6, 6.07) is 7.43. The molecular formula is C20H30N2O2. The molecule has 1 aromatic carbocycles. The predicted octanol–water partition coefficient (Wildman–Crippen LogP) is 5.22. The Labute approximate surface area is 144 Å². The van der Waals surface area contributed by atoms with Crippen molar-refractivity contribution < 1.29 is 4.74 Å². The van der Waals surface area contributed by atoms with E-state index in [4.69, 9.17) is 4.74 Å². The zero-order chi connectivity index (χ0) is 17.0. The van der Waals surface area contributed by atoms with Gasteiger partial charge in [-0.1, -0.05) is 76.8 Å². The molecule has 1 aromatic heterocycles. The van der Waals surface area contributed by atoms with Gasteiger partial charge in [0.2, 0.25) is 5.88 Å². The molecule has 2 aromatic rings. The Morgan fingerprint density at radius 3 is 2.12 bits per heavy atom. The molecule has 0 unspecified atom stereocenters. The maximum Gasteiger partial charge on any atom is 0.272 e. The molecule has 0 fully saturated rings. The highest BCUT2D eigenvalue weighted by atomic mass is 16.5. The zero-order valence-electron chi connectivity index (χ0n) is 14.9. The molecule has 24 heavy (non-hydrogen) atoms. The summed E-state index contributed by atoms with van der Waals surface area (Å²) in [5.41, 5.74) is -0.170. The van der Waals surface area contributed by atoms with Gasteiger partial charge >= 0.3 is 0 Å². The Morgan fingerprint density at radius 2 is 1.46 bits per heavy atom. The number of rotatable bonds is 12. The number of hydrogen-bond acceptors (Lipinski definition) is 3. The number of ether oxygens (including phenoxy) is 1. The van der Waals surface area contributed by atoms with Gasteiger partial charge in [0.15, 0.2) is 0 Å². The number of aromatic amines is 1. The van der Waals surface area contributed by atoms with Gasteiger partial charge in [-0.15, -0.1) is 5.10 Å². The molecule has 0 spiro atoms. The van der Waals surface area contributed by atoms with Crippen molar-refractivity contribution in [1.82, 2.24) is 10.2 Å². The number of benzene rings is 1. The van der Waals surface area contributed by atoms with Crippen LogP contribution in [0.15, 0.2) is 29.1 Å². The van der Waals surface area contributed by atoms with Crippen LogP contribution in [0.3, 0.4) is 0 Å². The predicted molar refractivity (Wildman–Crippen MR) is 99.7 cm³/mol. The highest BCUT2D eigenvalue weighted by Gasteiger charge is 2.06. The van der Waals surface area contributed by atoms with E-state index >= 15 is 0 Å². The normalized spacial score (nSPS) is 11.0. The van der Waals surface area contributed by atoms with Gasteiger partial charge in [-0.25, -0.2) is 5.10 Å². The maximum atomic E-state index is 11.7. The third-order valence-electron chi connectivity index (χ3n) is 4.40. The van der Waals surface area contributed by atoms with E-state index in [1.54, 1.807) is 6.07 Å². The molecule has 0 aliphatic carbocycles. The van der Waals surface area contributed by atoms with Crippen molar-refractivity contribution in [1.29, 1.82) is 0 Å². The first-order valence-corrected chi connectivity index (χ1v) is 9.43. The van der Waals surface area contributed by atoms with Crippen molar-refractivity contribution >= 4 is 10.8 Å². The molecule has 4 heteroatoms. The van der Waals surface area contributed by atoms with Gasteiger partial charge in [0.05, 0.1) is 17.4 Å². The molecule has 0 aliphatic heterocycles. The fraction of sp³-hybridized carbons (Fsp3) is 0.600. The van der Waals surface area contributed by atoms with Crippen LogP contribution in [-0.4, -0.2) is 16.8 Å². The van der Waals surface area contributed by atoms with Gasteiger partial charge in [0, 0.05) is 0 Å². The summed E-state index contributed by atoms with van der Waals surface area (Å²) in [6.07, 6.45) is 13.0. The van der Waals surface area contributed by atoms with Crippen LogP contribution in [0.4, 0.5) is 0 Å². The topological polar surface area (TPSA) is 55.0 Å². The lowest BCUT2D eigenvalue weighted by molar-refractivity contribution is 0.293. The van der Waals surface area contributed by atoms with E-state index < -0.39 is 0 Å². The van der Waals surface area contributed by atoms with Crippen molar-refractivity contribution in [3.8, 4) is 5.88 Å². The Morgan fingerprint density at radius 1 is 0.875 bits per heavy atom. The largest absolute Gasteiger partial charge is 0.476 e. The van der Waals surface area contributed by atoms with Crippen molar-refractivity contribution in [2.45, 2.75) is 71.1 Å². The fourth-order valence-electron chi connectivity index (χ4n) is 2.96. The van der Waals surface area contributed by atoms with Gasteiger partial charge in [-0.3, -0.25) is 4.79 Å². The molecule has 132 valence electrons. The van der Waals surface area contributed by atoms with Gasteiger partial charge < -0.3 is 4.74 Å². The number of aromatic nitrogens is 2. The lowest BCUT2D eigenvalue weighted by Gasteiger charge is -2.07. The van der Waals surface area contributed by atoms with Gasteiger partial charge in [0.25, 0.3) is 5.56 Å². The summed E-state index contributed by atoms with van der Waals surface area (Å²) in [7, 11) is 0. The zero-order valence-corrected chi connectivity index (χ0v) is 14.9. The Hall–Kier alpha value is -1.84. The van der Waals surface area contributed by atoms with E-state index in [2.05, 4.69) is 17.1 Å². The molecule has 1 N–H and O–H groups in total. The molecular weight excluding hydrogens is 300 g/mol. The van der Waals surface area contributed by atoms with Crippen LogP contribution in [0.2, 0.25) is 0 Å². The summed E-state index contributed by atoms with van der Waals surface area (Å²) >= 11 is 0. The second-order valence-electron chi connectivity index (χ2n) is 6.43. The number of fused-ring (bicyclic) bond motifs is 1. The first kappa shape index (κ1) is 18.5. The Bertz CT molecular complexity index is 651. The summed E-state index contributed by atoms with van der Waals surface area (Å²) < 4.78 is 5.77. The van der Waals surface area contributed by atoms with E-state index in [-0.39, 0.29) is 5.56 Å². The second-order valence-corrected chi connectivity index (χ2v) is 6.43. The van der Waals surface area contributed by atoms with Crippen LogP contribution >= 0.6 is 0 Å². The van der Waals surface area contributed by atoms with E-state index in [0.29, 0.717) is 17.9 Å². The van der Waals surface area contributed by atoms with Crippen molar-refractivity contribution in [3.63, 3.8) is 0 Å². The van der Waals surface area contributed by atoms with Crippen LogP contribution in [0.1, 0.15) is 71.1 Å². The van der Waals surface area contributed by atoms with Crippen molar-refractivity contribution in [2.75, 3.05) is 6.61 Å². The fourth-order valence-corrected chi connectivity index (χ4v) is 2.96. The summed E-state index contributed by atoms with van der Waals surface area (Å²) in [5.74, 6) is 0.529. The summed E-state index contributed by atoms with van der Waals surface area (Å²) in [4.78, 5) is 11.7. The smallest absolute Gasteiger partial charge is 0.272 e. The van der Waals surface area contributed by atoms with Crippen LogP contribution in [0.5, 0.6) is 5.88 Å². The second kappa shape index (κ2) is 10.8. The quantitative estimate of drug-likeness (QED) is 0.543. The number of hydrogen-bond donors (Lipinski definition) is 1. The highest BCUT2D eigenvalue weighted by Crippen LogP contribution is 2.19. The lowest BCUT2D eigenvalue weighted by atomic mass is 10.1. The van der Waals surface area contributed by atoms with Gasteiger partial charge in [-0.2, -0.15) is 0 Å². The molecule has 0 aliphatic rings. The number of H-pyrrole nitrogens is 1. The van der Waals surface area contributed by atoms with Crippen LogP contribution < -0.4 is 10.3 Å². The molecule has 0 bridgehead atoms. The molecule has 4 nitrogen and oxygen atoms in total. The number of unbranched alkanes of at least 4 members (excludes halogenated alkanes) is 9. The Kier molecular flexibility index (Phi) is 8.36. The molecule has 0 saturated carbocycles.